The molecule has 3 fully saturated rings. The van der Waals surface area contributed by atoms with Crippen LogP contribution in [-0.2, 0) is 24.7 Å². The number of piperazine rings is 1. The van der Waals surface area contributed by atoms with Gasteiger partial charge in [-0.3, -0.25) is 39.6 Å². The predicted octanol–water partition coefficient (Wildman–Crippen LogP) is 2.39. The van der Waals surface area contributed by atoms with Crippen molar-refractivity contribution in [2.24, 2.45) is 0 Å². The molecular formula is C30H27N5O5. The highest BCUT2D eigenvalue weighted by molar-refractivity contribution is 6.22. The van der Waals surface area contributed by atoms with Gasteiger partial charge in [-0.2, -0.15) is 0 Å². The van der Waals surface area contributed by atoms with Gasteiger partial charge in [-0.25, -0.2) is 4.79 Å². The molecule has 0 unspecified atom stereocenters. The van der Waals surface area contributed by atoms with Crippen LogP contribution in [0.2, 0.25) is 0 Å². The summed E-state index contributed by atoms with van der Waals surface area (Å²) in [7, 11) is 0. The summed E-state index contributed by atoms with van der Waals surface area (Å²) in [5.41, 5.74) is 2.18. The first-order valence-corrected chi connectivity index (χ1v) is 13.2. The van der Waals surface area contributed by atoms with Gasteiger partial charge in [0.25, 0.3) is 11.8 Å². The van der Waals surface area contributed by atoms with Crippen molar-refractivity contribution in [2.75, 3.05) is 36.0 Å². The molecule has 0 bridgehead atoms. The van der Waals surface area contributed by atoms with Crippen LogP contribution in [-0.4, -0.2) is 60.7 Å². The van der Waals surface area contributed by atoms with E-state index in [0.717, 1.165) is 16.8 Å². The molecule has 0 atom stereocenters. The number of carbonyl (C=O) groups is 5. The molecule has 0 aliphatic carbocycles. The fourth-order valence-electron chi connectivity index (χ4n) is 5.77. The Balaban J connectivity index is 1.24. The minimum absolute atomic E-state index is 0.198. The number of hydrogen-bond donors (Lipinski definition) is 2. The summed E-state index contributed by atoms with van der Waals surface area (Å²) in [5, 5.41) is 4.60. The number of benzene rings is 3. The summed E-state index contributed by atoms with van der Waals surface area (Å²) in [6.45, 7) is 1.78. The minimum atomic E-state index is -1.70. The molecule has 2 N–H and O–H groups in total. The number of nitrogens with one attached hydrogen (secondary N) is 2. The van der Waals surface area contributed by atoms with E-state index in [0.29, 0.717) is 37.4 Å². The third-order valence-electron chi connectivity index (χ3n) is 7.80. The Bertz CT molecular complexity index is 1460. The van der Waals surface area contributed by atoms with Gasteiger partial charge in [0.05, 0.1) is 5.69 Å². The SMILES string of the molecule is O=C1NC(=O)C(c2ccc(-c3ccccc3)cc2)(N2CCN(c3ccc(N4C(=O)CCC4=O)cc3)CC2)C(=O)N1. The van der Waals surface area contributed by atoms with Crippen molar-refractivity contribution in [3.63, 3.8) is 0 Å². The van der Waals surface area contributed by atoms with Gasteiger partial charge in [-0.05, 0) is 41.0 Å². The molecule has 0 saturated carbocycles. The topological polar surface area (TPSA) is 119 Å². The van der Waals surface area contributed by atoms with Crippen LogP contribution in [0.25, 0.3) is 11.1 Å². The van der Waals surface area contributed by atoms with Crippen molar-refractivity contribution < 1.29 is 24.0 Å². The summed E-state index contributed by atoms with van der Waals surface area (Å²) in [6, 6.07) is 23.5. The summed E-state index contributed by atoms with van der Waals surface area (Å²) in [4.78, 5) is 68.2. The number of urea groups is 1. The Morgan fingerprint density at radius 1 is 0.575 bits per heavy atom. The highest BCUT2D eigenvalue weighted by Crippen LogP contribution is 2.35. The number of carbonyl (C=O) groups excluding carboxylic acids is 5. The first-order chi connectivity index (χ1) is 19.4. The second-order valence-electron chi connectivity index (χ2n) is 10.0. The molecule has 3 aromatic carbocycles. The Morgan fingerprint density at radius 2 is 1.10 bits per heavy atom. The second kappa shape index (κ2) is 10.0. The molecule has 6 amide bonds. The van der Waals surface area contributed by atoms with Crippen LogP contribution in [0.1, 0.15) is 18.4 Å². The van der Waals surface area contributed by atoms with E-state index in [1.54, 1.807) is 24.3 Å². The number of hydrogen-bond acceptors (Lipinski definition) is 7. The summed E-state index contributed by atoms with van der Waals surface area (Å²) in [5.74, 6) is -1.75. The van der Waals surface area contributed by atoms with Crippen LogP contribution in [0.5, 0.6) is 0 Å². The zero-order valence-corrected chi connectivity index (χ0v) is 21.6. The molecule has 3 aliphatic heterocycles. The van der Waals surface area contributed by atoms with Crippen LogP contribution >= 0.6 is 0 Å². The highest BCUT2D eigenvalue weighted by atomic mass is 16.2. The third-order valence-corrected chi connectivity index (χ3v) is 7.80. The molecule has 3 saturated heterocycles. The van der Waals surface area contributed by atoms with Gasteiger partial charge in [0.15, 0.2) is 0 Å². The largest absolute Gasteiger partial charge is 0.369 e. The lowest BCUT2D eigenvalue weighted by Crippen LogP contribution is -2.73. The Labute approximate surface area is 230 Å². The van der Waals surface area contributed by atoms with Crippen LogP contribution in [0, 0.1) is 0 Å². The van der Waals surface area contributed by atoms with Gasteiger partial charge in [0.1, 0.15) is 0 Å². The normalized spacial score (nSPS) is 19.6. The van der Waals surface area contributed by atoms with Crippen molar-refractivity contribution in [1.29, 1.82) is 0 Å². The third kappa shape index (κ3) is 4.22. The van der Waals surface area contributed by atoms with Gasteiger partial charge >= 0.3 is 6.03 Å². The molecule has 202 valence electrons. The maximum atomic E-state index is 13.5. The monoisotopic (exact) mass is 537 g/mol. The van der Waals surface area contributed by atoms with E-state index in [-0.39, 0.29) is 24.7 Å². The number of imide groups is 3. The molecule has 3 heterocycles. The zero-order chi connectivity index (χ0) is 27.9. The van der Waals surface area contributed by atoms with E-state index in [2.05, 4.69) is 15.5 Å². The number of amides is 6. The fraction of sp³-hybridized carbons (Fsp3) is 0.233. The zero-order valence-electron chi connectivity index (χ0n) is 21.6. The minimum Gasteiger partial charge on any atom is -0.369 e. The van der Waals surface area contributed by atoms with Crippen LogP contribution in [0.4, 0.5) is 16.2 Å². The van der Waals surface area contributed by atoms with Crippen LogP contribution < -0.4 is 20.4 Å². The Kier molecular flexibility index (Phi) is 6.39. The lowest BCUT2D eigenvalue weighted by Gasteiger charge is -2.47. The summed E-state index contributed by atoms with van der Waals surface area (Å²) >= 11 is 0. The first kappa shape index (κ1) is 25.4. The van der Waals surface area contributed by atoms with Gasteiger partial charge in [-0.15, -0.1) is 0 Å². The maximum Gasteiger partial charge on any atom is 0.328 e. The molecular weight excluding hydrogens is 510 g/mol. The second-order valence-corrected chi connectivity index (χ2v) is 10.0. The van der Waals surface area contributed by atoms with Crippen molar-refractivity contribution in [3.8, 4) is 11.1 Å². The molecule has 10 heteroatoms. The van der Waals surface area contributed by atoms with E-state index < -0.39 is 23.4 Å². The number of anilines is 2. The van der Waals surface area contributed by atoms with E-state index in [1.165, 1.54) is 4.90 Å². The van der Waals surface area contributed by atoms with Crippen LogP contribution in [0.3, 0.4) is 0 Å². The average molecular weight is 538 g/mol. The van der Waals surface area contributed by atoms with E-state index in [4.69, 9.17) is 0 Å². The number of nitrogens with zero attached hydrogens (tertiary/aromatic N) is 3. The maximum absolute atomic E-state index is 13.5. The standard InChI is InChI=1S/C30H27N5O5/c36-25-14-15-26(37)35(25)24-12-10-23(11-13-24)33-16-18-34(19-17-33)30(27(38)31-29(40)32-28(30)39)22-8-6-21(7-9-22)20-4-2-1-3-5-20/h1-13H,14-19H2,(H2,31,32,38,39,40). The predicted molar refractivity (Wildman–Crippen MR) is 147 cm³/mol. The highest BCUT2D eigenvalue weighted by Gasteiger charge is 2.56. The number of barbiturate groups is 1. The molecule has 3 aliphatic rings. The van der Waals surface area contributed by atoms with Gasteiger partial charge in [0, 0.05) is 44.7 Å². The lowest BCUT2D eigenvalue weighted by molar-refractivity contribution is -0.149. The Hall–Kier alpha value is -4.83. The van der Waals surface area contributed by atoms with Gasteiger partial charge in [-0.1, -0.05) is 54.6 Å². The quantitative estimate of drug-likeness (QED) is 0.379. The molecule has 6 rings (SSSR count). The summed E-state index contributed by atoms with van der Waals surface area (Å²) in [6.07, 6.45) is 0.456. The van der Waals surface area contributed by atoms with Gasteiger partial charge in [0.2, 0.25) is 17.4 Å². The number of rotatable bonds is 5. The summed E-state index contributed by atoms with van der Waals surface area (Å²) < 4.78 is 0. The van der Waals surface area contributed by atoms with Crippen molar-refractivity contribution >= 4 is 41.0 Å². The molecule has 3 aromatic rings. The van der Waals surface area contributed by atoms with Crippen molar-refractivity contribution in [3.05, 3.63) is 84.4 Å². The fourth-order valence-corrected chi connectivity index (χ4v) is 5.77. The first-order valence-electron chi connectivity index (χ1n) is 13.2. The van der Waals surface area contributed by atoms with Gasteiger partial charge < -0.3 is 4.90 Å². The molecule has 40 heavy (non-hydrogen) atoms. The Morgan fingerprint density at radius 3 is 1.68 bits per heavy atom. The van der Waals surface area contributed by atoms with Crippen molar-refractivity contribution in [1.82, 2.24) is 15.5 Å². The smallest absolute Gasteiger partial charge is 0.328 e. The van der Waals surface area contributed by atoms with E-state index in [9.17, 15) is 24.0 Å². The van der Waals surface area contributed by atoms with Crippen LogP contribution in [0.15, 0.2) is 78.9 Å². The molecule has 0 aromatic heterocycles. The molecule has 0 radical (unpaired) electrons. The lowest BCUT2D eigenvalue weighted by atomic mass is 9.83. The van der Waals surface area contributed by atoms with E-state index in [1.807, 2.05) is 59.5 Å². The van der Waals surface area contributed by atoms with Crippen molar-refractivity contribution in [2.45, 2.75) is 18.4 Å². The molecule has 0 spiro atoms. The molecule has 10 nitrogen and oxygen atoms in total. The van der Waals surface area contributed by atoms with E-state index >= 15 is 0 Å². The average Bonchev–Trinajstić information content (AvgIpc) is 3.31.